The number of carbonyl (C=O) groups excluding carboxylic acids is 2. The van der Waals surface area contributed by atoms with Gasteiger partial charge in [-0.1, -0.05) is 54.6 Å². The Morgan fingerprint density at radius 3 is 2.00 bits per heavy atom. The molecule has 4 aromatic carbocycles. The van der Waals surface area contributed by atoms with Crippen molar-refractivity contribution in [2.24, 2.45) is 0 Å². The van der Waals surface area contributed by atoms with Gasteiger partial charge in [0.2, 0.25) is 9.84 Å². The van der Waals surface area contributed by atoms with Crippen LogP contribution in [0.5, 0.6) is 0 Å². The average Bonchev–Trinajstić information content (AvgIpc) is 3.15. The summed E-state index contributed by atoms with van der Waals surface area (Å²) in [5.41, 5.74) is 3.74. The monoisotopic (exact) mass is 454 g/mol. The van der Waals surface area contributed by atoms with Crippen LogP contribution in [0.4, 0.5) is 0 Å². The van der Waals surface area contributed by atoms with Crippen LogP contribution in [0.2, 0.25) is 0 Å². The third-order valence-electron chi connectivity index (χ3n) is 5.62. The van der Waals surface area contributed by atoms with E-state index in [0.29, 0.717) is 22.3 Å². The minimum atomic E-state index is -3.60. The Bertz CT molecular complexity index is 1490. The van der Waals surface area contributed by atoms with Crippen LogP contribution in [0.3, 0.4) is 0 Å². The lowest BCUT2D eigenvalue weighted by molar-refractivity contribution is 0.0472. The van der Waals surface area contributed by atoms with E-state index in [9.17, 15) is 18.0 Å². The number of ketones is 1. The Labute approximate surface area is 191 Å². The summed E-state index contributed by atoms with van der Waals surface area (Å²) in [5, 5.41) is 0. The molecule has 0 amide bonds. The van der Waals surface area contributed by atoms with Gasteiger partial charge in [0.25, 0.3) is 0 Å². The van der Waals surface area contributed by atoms with Crippen LogP contribution in [-0.2, 0) is 21.2 Å². The molecule has 0 bridgehead atoms. The maximum absolute atomic E-state index is 12.7. The lowest BCUT2D eigenvalue weighted by Gasteiger charge is -2.08. The molecule has 0 saturated heterocycles. The molecule has 0 aromatic heterocycles. The number of fused-ring (bicyclic) bond motifs is 3. The fourth-order valence-electron chi connectivity index (χ4n) is 3.89. The Balaban J connectivity index is 1.30. The van der Waals surface area contributed by atoms with Crippen LogP contribution >= 0.6 is 0 Å². The zero-order valence-electron chi connectivity index (χ0n) is 17.4. The highest BCUT2D eigenvalue weighted by molar-refractivity contribution is 7.91. The molecule has 162 valence electrons. The zero-order valence-corrected chi connectivity index (χ0v) is 18.2. The molecule has 1 aliphatic carbocycles. The summed E-state index contributed by atoms with van der Waals surface area (Å²) in [6.45, 7) is -0.00288. The summed E-state index contributed by atoms with van der Waals surface area (Å²) < 4.78 is 30.8. The largest absolute Gasteiger partial charge is 0.457 e. The van der Waals surface area contributed by atoms with Gasteiger partial charge < -0.3 is 4.74 Å². The first kappa shape index (κ1) is 20.8. The van der Waals surface area contributed by atoms with E-state index in [-0.39, 0.29) is 22.2 Å². The maximum atomic E-state index is 12.7. The average molecular weight is 455 g/mol. The molecule has 0 N–H and O–H groups in total. The summed E-state index contributed by atoms with van der Waals surface area (Å²) >= 11 is 0. The topological polar surface area (TPSA) is 77.5 Å². The Hall–Kier alpha value is -4.03. The minimum Gasteiger partial charge on any atom is -0.457 e. The first-order chi connectivity index (χ1) is 15.9. The number of sulfone groups is 1. The number of hydrogen-bond donors (Lipinski definition) is 0. The number of benzene rings is 4. The minimum absolute atomic E-state index is 0.00288. The van der Waals surface area contributed by atoms with Gasteiger partial charge in [0.1, 0.15) is 6.61 Å². The van der Waals surface area contributed by atoms with E-state index in [4.69, 9.17) is 4.74 Å². The van der Waals surface area contributed by atoms with Crippen LogP contribution < -0.4 is 0 Å². The van der Waals surface area contributed by atoms with Crippen molar-refractivity contribution >= 4 is 21.6 Å². The fraction of sp³-hybridized carbons (Fsp3) is 0.0370. The second kappa shape index (κ2) is 8.15. The van der Waals surface area contributed by atoms with Crippen LogP contribution in [0.1, 0.15) is 31.8 Å². The summed E-state index contributed by atoms with van der Waals surface area (Å²) in [6.07, 6.45) is 0. The van der Waals surface area contributed by atoms with E-state index in [0.717, 1.165) is 11.1 Å². The van der Waals surface area contributed by atoms with Crippen molar-refractivity contribution in [3.8, 4) is 11.1 Å². The standard InChI is InChI=1S/C27H18O5S/c28-26-23-9-5-4-8-22(23)25-16-19(12-15-24(25)26)27(29)32-17-18-10-13-21(14-11-18)33(30,31)20-6-2-1-3-7-20/h1-16H,17H2. The van der Waals surface area contributed by atoms with E-state index < -0.39 is 15.8 Å². The van der Waals surface area contributed by atoms with Gasteiger partial charge in [0.05, 0.1) is 15.4 Å². The van der Waals surface area contributed by atoms with Crippen molar-refractivity contribution in [3.05, 3.63) is 119 Å². The molecule has 0 saturated carbocycles. The second-order valence-electron chi connectivity index (χ2n) is 7.67. The zero-order chi connectivity index (χ0) is 23.0. The lowest BCUT2D eigenvalue weighted by atomic mass is 10.0. The maximum Gasteiger partial charge on any atom is 0.338 e. The molecule has 4 aromatic rings. The van der Waals surface area contributed by atoms with Crippen molar-refractivity contribution in [2.45, 2.75) is 16.4 Å². The SMILES string of the molecule is O=C(OCc1ccc(S(=O)(=O)c2ccccc2)cc1)c1ccc2c(c1)-c1ccccc1C2=O. The van der Waals surface area contributed by atoms with Crippen molar-refractivity contribution in [1.82, 2.24) is 0 Å². The number of ether oxygens (including phenoxy) is 1. The Kier molecular flexibility index (Phi) is 5.15. The van der Waals surface area contributed by atoms with E-state index >= 15 is 0 Å². The highest BCUT2D eigenvalue weighted by Crippen LogP contribution is 2.37. The first-order valence-electron chi connectivity index (χ1n) is 10.3. The van der Waals surface area contributed by atoms with Crippen molar-refractivity contribution in [2.75, 3.05) is 0 Å². The van der Waals surface area contributed by atoms with E-state index in [1.807, 2.05) is 18.2 Å². The van der Waals surface area contributed by atoms with Gasteiger partial charge in [-0.3, -0.25) is 4.79 Å². The third-order valence-corrected chi connectivity index (χ3v) is 7.40. The predicted octanol–water partition coefficient (Wildman–Crippen LogP) is 5.09. The van der Waals surface area contributed by atoms with Crippen LogP contribution in [0.25, 0.3) is 11.1 Å². The van der Waals surface area contributed by atoms with Crippen molar-refractivity contribution in [3.63, 3.8) is 0 Å². The molecule has 0 aliphatic heterocycles. The molecule has 6 heteroatoms. The number of carbonyl (C=O) groups is 2. The quantitative estimate of drug-likeness (QED) is 0.346. The molecule has 0 heterocycles. The molecule has 1 aliphatic rings. The molecular weight excluding hydrogens is 436 g/mol. The summed E-state index contributed by atoms with van der Waals surface area (Å²) in [5.74, 6) is -0.568. The Morgan fingerprint density at radius 2 is 1.27 bits per heavy atom. The predicted molar refractivity (Wildman–Crippen MR) is 123 cm³/mol. The fourth-order valence-corrected chi connectivity index (χ4v) is 5.17. The van der Waals surface area contributed by atoms with Crippen molar-refractivity contribution in [1.29, 1.82) is 0 Å². The smallest absolute Gasteiger partial charge is 0.338 e. The number of rotatable bonds is 5. The van der Waals surface area contributed by atoms with Gasteiger partial charge in [-0.25, -0.2) is 13.2 Å². The molecule has 33 heavy (non-hydrogen) atoms. The number of esters is 1. The van der Waals surface area contributed by atoms with E-state index in [1.165, 1.54) is 12.1 Å². The molecule has 5 nitrogen and oxygen atoms in total. The molecular formula is C27H18O5S. The summed E-state index contributed by atoms with van der Waals surface area (Å²) in [4.78, 5) is 25.5. The lowest BCUT2D eigenvalue weighted by Crippen LogP contribution is -2.06. The summed E-state index contributed by atoms with van der Waals surface area (Å²) in [7, 11) is -3.60. The normalized spacial score (nSPS) is 12.2. The first-order valence-corrected chi connectivity index (χ1v) is 11.8. The van der Waals surface area contributed by atoms with Crippen molar-refractivity contribution < 1.29 is 22.7 Å². The molecule has 0 spiro atoms. The van der Waals surface area contributed by atoms with Gasteiger partial charge in [0.15, 0.2) is 5.78 Å². The molecule has 0 radical (unpaired) electrons. The molecule has 5 rings (SSSR count). The van der Waals surface area contributed by atoms with Gasteiger partial charge in [-0.15, -0.1) is 0 Å². The van der Waals surface area contributed by atoms with Gasteiger partial charge in [-0.05, 0) is 59.2 Å². The highest BCUT2D eigenvalue weighted by Gasteiger charge is 2.27. The molecule has 0 fully saturated rings. The van der Waals surface area contributed by atoms with Crippen LogP contribution in [0, 0.1) is 0 Å². The van der Waals surface area contributed by atoms with Gasteiger partial charge in [-0.2, -0.15) is 0 Å². The van der Waals surface area contributed by atoms with Crippen LogP contribution in [0.15, 0.2) is 107 Å². The Morgan fingerprint density at radius 1 is 0.667 bits per heavy atom. The highest BCUT2D eigenvalue weighted by atomic mass is 32.2. The summed E-state index contributed by atoms with van der Waals surface area (Å²) in [6, 6.07) is 26.7. The molecule has 0 atom stereocenters. The van der Waals surface area contributed by atoms with Gasteiger partial charge >= 0.3 is 5.97 Å². The molecule has 0 unspecified atom stereocenters. The van der Waals surface area contributed by atoms with Crippen LogP contribution in [-0.4, -0.2) is 20.2 Å². The van der Waals surface area contributed by atoms with Gasteiger partial charge in [0, 0.05) is 11.1 Å². The van der Waals surface area contributed by atoms with E-state index in [2.05, 4.69) is 0 Å². The second-order valence-corrected chi connectivity index (χ2v) is 9.62. The van der Waals surface area contributed by atoms with E-state index in [1.54, 1.807) is 66.7 Å². The third kappa shape index (κ3) is 3.75. The number of hydrogen-bond acceptors (Lipinski definition) is 5.